The van der Waals surface area contributed by atoms with Gasteiger partial charge in [-0.15, -0.1) is 11.3 Å². The van der Waals surface area contributed by atoms with Crippen LogP contribution in [0.15, 0.2) is 29.6 Å². The van der Waals surface area contributed by atoms with Crippen LogP contribution < -0.4 is 0 Å². The third-order valence-electron chi connectivity index (χ3n) is 3.61. The van der Waals surface area contributed by atoms with Crippen molar-refractivity contribution in [3.63, 3.8) is 0 Å². The predicted octanol–water partition coefficient (Wildman–Crippen LogP) is 4.42. The van der Waals surface area contributed by atoms with E-state index in [1.807, 2.05) is 50.4 Å². The minimum Gasteiger partial charge on any atom is -0.291 e. The fourth-order valence-corrected chi connectivity index (χ4v) is 3.16. The Kier molecular flexibility index (Phi) is 4.36. The van der Waals surface area contributed by atoms with Crippen LogP contribution >= 0.6 is 11.3 Å². The van der Waals surface area contributed by atoms with Crippen molar-refractivity contribution in [2.45, 2.75) is 33.1 Å². The SMILES string of the molecule is CCc1ccsc1C(=O)C(C#N)c1ccc(C)c(C)c1. The smallest absolute Gasteiger partial charge is 0.194 e. The molecule has 1 unspecified atom stereocenters. The van der Waals surface area contributed by atoms with Gasteiger partial charge in [0.2, 0.25) is 0 Å². The van der Waals surface area contributed by atoms with Crippen LogP contribution in [0.1, 0.15) is 44.8 Å². The van der Waals surface area contributed by atoms with Gasteiger partial charge in [0, 0.05) is 0 Å². The maximum absolute atomic E-state index is 12.6. The van der Waals surface area contributed by atoms with E-state index in [4.69, 9.17) is 0 Å². The Morgan fingerprint density at radius 1 is 1.30 bits per heavy atom. The molecule has 0 amide bonds. The molecule has 0 bridgehead atoms. The van der Waals surface area contributed by atoms with Gasteiger partial charge in [-0.05, 0) is 54.0 Å². The number of hydrogen-bond donors (Lipinski definition) is 0. The summed E-state index contributed by atoms with van der Waals surface area (Å²) in [6.45, 7) is 6.05. The van der Waals surface area contributed by atoms with E-state index in [-0.39, 0.29) is 5.78 Å². The summed E-state index contributed by atoms with van der Waals surface area (Å²) in [4.78, 5) is 13.3. The molecule has 102 valence electrons. The Bertz CT molecular complexity index is 679. The molecule has 20 heavy (non-hydrogen) atoms. The normalized spacial score (nSPS) is 11.9. The largest absolute Gasteiger partial charge is 0.291 e. The highest BCUT2D eigenvalue weighted by Crippen LogP contribution is 2.27. The lowest BCUT2D eigenvalue weighted by atomic mass is 9.91. The number of aryl methyl sites for hydroxylation is 3. The zero-order valence-corrected chi connectivity index (χ0v) is 12.8. The topological polar surface area (TPSA) is 40.9 Å². The number of rotatable bonds is 4. The molecule has 1 aromatic heterocycles. The second-order valence-electron chi connectivity index (χ2n) is 4.90. The van der Waals surface area contributed by atoms with Gasteiger partial charge in [0.25, 0.3) is 0 Å². The van der Waals surface area contributed by atoms with Crippen LogP contribution in [0, 0.1) is 25.2 Å². The van der Waals surface area contributed by atoms with Crippen molar-refractivity contribution in [2.24, 2.45) is 0 Å². The lowest BCUT2D eigenvalue weighted by Crippen LogP contribution is -2.11. The molecule has 1 heterocycles. The molecule has 0 aliphatic heterocycles. The maximum Gasteiger partial charge on any atom is 0.194 e. The molecule has 0 aliphatic rings. The van der Waals surface area contributed by atoms with Gasteiger partial charge in [-0.3, -0.25) is 4.79 Å². The Labute approximate surface area is 123 Å². The van der Waals surface area contributed by atoms with Crippen molar-refractivity contribution in [3.05, 3.63) is 56.8 Å². The number of nitrogens with zero attached hydrogens (tertiary/aromatic N) is 1. The van der Waals surface area contributed by atoms with E-state index in [1.165, 1.54) is 16.9 Å². The second-order valence-corrected chi connectivity index (χ2v) is 5.81. The molecular formula is C17H17NOS. The average Bonchev–Trinajstić information content (AvgIpc) is 2.91. The van der Waals surface area contributed by atoms with E-state index in [0.29, 0.717) is 0 Å². The zero-order valence-electron chi connectivity index (χ0n) is 11.9. The molecule has 0 fully saturated rings. The lowest BCUT2D eigenvalue weighted by molar-refractivity contribution is 0.0982. The molecule has 2 aromatic rings. The highest BCUT2D eigenvalue weighted by atomic mass is 32.1. The minimum atomic E-state index is -0.710. The van der Waals surface area contributed by atoms with Gasteiger partial charge in [0.05, 0.1) is 10.9 Å². The van der Waals surface area contributed by atoms with E-state index in [0.717, 1.165) is 28.0 Å². The Morgan fingerprint density at radius 3 is 2.65 bits per heavy atom. The van der Waals surface area contributed by atoms with Gasteiger partial charge in [-0.2, -0.15) is 5.26 Å². The second kappa shape index (κ2) is 6.02. The molecule has 2 rings (SSSR count). The third kappa shape index (κ3) is 2.66. The molecule has 1 atom stereocenters. The predicted molar refractivity (Wildman–Crippen MR) is 82.3 cm³/mol. The number of nitriles is 1. The summed E-state index contributed by atoms with van der Waals surface area (Å²) in [5, 5.41) is 11.3. The number of carbonyl (C=O) groups excluding carboxylic acids is 1. The number of Topliss-reactive ketones (excluding diaryl/α,β-unsaturated/α-hetero) is 1. The summed E-state index contributed by atoms with van der Waals surface area (Å²) < 4.78 is 0. The zero-order chi connectivity index (χ0) is 14.7. The first-order valence-corrected chi connectivity index (χ1v) is 7.53. The number of benzene rings is 1. The third-order valence-corrected chi connectivity index (χ3v) is 4.58. The van der Waals surface area contributed by atoms with Crippen LogP contribution in [-0.2, 0) is 6.42 Å². The summed E-state index contributed by atoms with van der Waals surface area (Å²) in [6.07, 6.45) is 0.815. The average molecular weight is 283 g/mol. The number of hydrogen-bond acceptors (Lipinski definition) is 3. The molecule has 0 saturated carbocycles. The molecule has 0 spiro atoms. The number of carbonyl (C=O) groups is 1. The first kappa shape index (κ1) is 14.5. The summed E-state index contributed by atoms with van der Waals surface area (Å²) in [6, 6.07) is 9.92. The van der Waals surface area contributed by atoms with Crippen molar-refractivity contribution in [1.82, 2.24) is 0 Å². The first-order chi connectivity index (χ1) is 9.58. The molecule has 0 N–H and O–H groups in total. The molecule has 2 nitrogen and oxygen atoms in total. The minimum absolute atomic E-state index is 0.0809. The molecule has 3 heteroatoms. The van der Waals surface area contributed by atoms with Crippen LogP contribution in [-0.4, -0.2) is 5.78 Å². The Morgan fingerprint density at radius 2 is 2.05 bits per heavy atom. The van der Waals surface area contributed by atoms with Gasteiger partial charge in [-0.25, -0.2) is 0 Å². The van der Waals surface area contributed by atoms with E-state index in [2.05, 4.69) is 6.07 Å². The fraction of sp³-hybridized carbons (Fsp3) is 0.294. The van der Waals surface area contributed by atoms with Crippen molar-refractivity contribution in [3.8, 4) is 6.07 Å². The standard InChI is InChI=1S/C17H17NOS/c1-4-13-7-8-20-17(13)16(19)15(10-18)14-6-5-11(2)12(3)9-14/h5-9,15H,4H2,1-3H3. The molecule has 1 aromatic carbocycles. The van der Waals surface area contributed by atoms with E-state index in [9.17, 15) is 10.1 Å². The van der Waals surface area contributed by atoms with Crippen molar-refractivity contribution in [2.75, 3.05) is 0 Å². The van der Waals surface area contributed by atoms with Crippen molar-refractivity contribution in [1.29, 1.82) is 5.26 Å². The summed E-state index contributed by atoms with van der Waals surface area (Å²) in [5.74, 6) is -0.791. The van der Waals surface area contributed by atoms with Gasteiger partial charge in [-0.1, -0.05) is 25.1 Å². The summed E-state index contributed by atoms with van der Waals surface area (Å²) in [5.41, 5.74) is 4.10. The molecule has 0 radical (unpaired) electrons. The summed E-state index contributed by atoms with van der Waals surface area (Å²) >= 11 is 1.43. The number of thiophene rings is 1. The molecular weight excluding hydrogens is 266 g/mol. The van der Waals surface area contributed by atoms with Gasteiger partial charge < -0.3 is 0 Å². The van der Waals surface area contributed by atoms with E-state index < -0.39 is 5.92 Å². The van der Waals surface area contributed by atoms with Gasteiger partial charge >= 0.3 is 0 Å². The monoisotopic (exact) mass is 283 g/mol. The Balaban J connectivity index is 2.40. The van der Waals surface area contributed by atoms with Crippen molar-refractivity contribution < 1.29 is 4.79 Å². The van der Waals surface area contributed by atoms with Gasteiger partial charge in [0.1, 0.15) is 5.92 Å². The van der Waals surface area contributed by atoms with E-state index >= 15 is 0 Å². The maximum atomic E-state index is 12.6. The lowest BCUT2D eigenvalue weighted by Gasteiger charge is -2.10. The van der Waals surface area contributed by atoms with Crippen molar-refractivity contribution >= 4 is 17.1 Å². The van der Waals surface area contributed by atoms with Crippen LogP contribution in [0.4, 0.5) is 0 Å². The number of ketones is 1. The fourth-order valence-electron chi connectivity index (χ4n) is 2.19. The Hall–Kier alpha value is -1.92. The quantitative estimate of drug-likeness (QED) is 0.779. The van der Waals surface area contributed by atoms with Crippen LogP contribution in [0.3, 0.4) is 0 Å². The van der Waals surface area contributed by atoms with Gasteiger partial charge in [0.15, 0.2) is 5.78 Å². The van der Waals surface area contributed by atoms with Crippen LogP contribution in [0.2, 0.25) is 0 Å². The molecule has 0 aliphatic carbocycles. The van der Waals surface area contributed by atoms with E-state index in [1.54, 1.807) is 0 Å². The first-order valence-electron chi connectivity index (χ1n) is 6.65. The van der Waals surface area contributed by atoms with Crippen LogP contribution in [0.5, 0.6) is 0 Å². The highest BCUT2D eigenvalue weighted by Gasteiger charge is 2.24. The molecule has 0 saturated heterocycles. The summed E-state index contributed by atoms with van der Waals surface area (Å²) in [7, 11) is 0. The highest BCUT2D eigenvalue weighted by molar-refractivity contribution is 7.12. The van der Waals surface area contributed by atoms with Crippen LogP contribution in [0.25, 0.3) is 0 Å².